The van der Waals surface area contributed by atoms with Gasteiger partial charge in [0, 0.05) is 25.7 Å². The normalized spacial score (nSPS) is 22.0. The number of amides is 2. The Kier molecular flexibility index (Phi) is 7.13. The van der Waals surface area contributed by atoms with Crippen molar-refractivity contribution in [1.29, 1.82) is 0 Å². The fourth-order valence-corrected chi connectivity index (χ4v) is 2.52. The van der Waals surface area contributed by atoms with Crippen molar-refractivity contribution < 1.29 is 14.3 Å². The van der Waals surface area contributed by atoms with E-state index >= 15 is 0 Å². The first kappa shape index (κ1) is 18.7. The summed E-state index contributed by atoms with van der Waals surface area (Å²) < 4.78 is 5.29. The molecular weight excluding hydrogens is 282 g/mol. The molecular formula is C16H31N3O3. The molecule has 0 aromatic rings. The van der Waals surface area contributed by atoms with Crippen LogP contribution in [0.1, 0.15) is 53.4 Å². The van der Waals surface area contributed by atoms with Crippen molar-refractivity contribution in [2.75, 3.05) is 20.1 Å². The Balaban J connectivity index is 2.35. The van der Waals surface area contributed by atoms with Crippen LogP contribution in [0.25, 0.3) is 0 Å². The Labute approximate surface area is 134 Å². The molecule has 1 aliphatic rings. The van der Waals surface area contributed by atoms with Gasteiger partial charge in [-0.2, -0.15) is 0 Å². The molecule has 6 heteroatoms. The quantitative estimate of drug-likeness (QED) is 0.813. The number of alkyl carbamates (subject to hydrolysis) is 1. The number of hydrogen-bond acceptors (Lipinski definition) is 4. The fourth-order valence-electron chi connectivity index (χ4n) is 2.52. The highest BCUT2D eigenvalue weighted by molar-refractivity contribution is 5.77. The third-order valence-electron chi connectivity index (χ3n) is 3.84. The zero-order valence-electron chi connectivity index (χ0n) is 14.6. The van der Waals surface area contributed by atoms with Crippen LogP contribution in [0.15, 0.2) is 0 Å². The second kappa shape index (κ2) is 8.36. The van der Waals surface area contributed by atoms with E-state index in [9.17, 15) is 9.59 Å². The molecule has 6 nitrogen and oxygen atoms in total. The van der Waals surface area contributed by atoms with Gasteiger partial charge in [0.15, 0.2) is 0 Å². The van der Waals surface area contributed by atoms with Crippen LogP contribution in [0, 0.1) is 0 Å². The Morgan fingerprint density at radius 3 is 2.45 bits per heavy atom. The molecule has 0 heterocycles. The van der Waals surface area contributed by atoms with Gasteiger partial charge in [0.2, 0.25) is 5.91 Å². The summed E-state index contributed by atoms with van der Waals surface area (Å²) >= 11 is 0. The van der Waals surface area contributed by atoms with Crippen LogP contribution in [0.3, 0.4) is 0 Å². The van der Waals surface area contributed by atoms with Crippen molar-refractivity contribution >= 4 is 12.0 Å². The molecule has 0 radical (unpaired) electrons. The van der Waals surface area contributed by atoms with E-state index in [1.54, 1.807) is 11.9 Å². The monoisotopic (exact) mass is 313 g/mol. The van der Waals surface area contributed by atoms with Crippen LogP contribution in [0.5, 0.6) is 0 Å². The van der Waals surface area contributed by atoms with Gasteiger partial charge >= 0.3 is 6.09 Å². The van der Waals surface area contributed by atoms with Crippen LogP contribution in [-0.2, 0) is 9.53 Å². The summed E-state index contributed by atoms with van der Waals surface area (Å²) in [7, 11) is 1.80. The van der Waals surface area contributed by atoms with Crippen LogP contribution < -0.4 is 10.6 Å². The highest BCUT2D eigenvalue weighted by Gasteiger charge is 2.25. The zero-order valence-corrected chi connectivity index (χ0v) is 14.6. The van der Waals surface area contributed by atoms with E-state index in [1.165, 1.54) is 0 Å². The molecule has 2 atom stereocenters. The van der Waals surface area contributed by atoms with Gasteiger partial charge in [-0.15, -0.1) is 0 Å². The van der Waals surface area contributed by atoms with E-state index in [0.717, 1.165) is 25.7 Å². The summed E-state index contributed by atoms with van der Waals surface area (Å²) in [4.78, 5) is 25.3. The largest absolute Gasteiger partial charge is 0.444 e. The van der Waals surface area contributed by atoms with Crippen LogP contribution >= 0.6 is 0 Å². The summed E-state index contributed by atoms with van der Waals surface area (Å²) in [6.45, 7) is 8.59. The van der Waals surface area contributed by atoms with E-state index < -0.39 is 5.60 Å². The maximum atomic E-state index is 11.8. The Morgan fingerprint density at radius 2 is 1.86 bits per heavy atom. The average molecular weight is 313 g/mol. The number of likely N-dealkylation sites (N-methyl/N-ethyl adjacent to an activating group) is 1. The number of carbonyl (C=O) groups is 2. The molecule has 0 bridgehead atoms. The standard InChI is InChI=1S/C16H31N3O3/c1-6-19(5)14(20)11-17-12-8-7-9-13(10-12)18-15(21)22-16(2,3)4/h12-13,17H,6-11H2,1-5H3,(H,18,21). The zero-order chi connectivity index (χ0) is 16.8. The van der Waals surface area contributed by atoms with E-state index in [4.69, 9.17) is 4.74 Å². The minimum absolute atomic E-state index is 0.102. The second-order valence-corrected chi connectivity index (χ2v) is 7.00. The van der Waals surface area contributed by atoms with E-state index in [1.807, 2.05) is 27.7 Å². The lowest BCUT2D eigenvalue weighted by Crippen LogP contribution is -2.47. The Bertz CT molecular complexity index is 379. The molecule has 2 unspecified atom stereocenters. The molecule has 1 aliphatic carbocycles. The van der Waals surface area contributed by atoms with Gasteiger partial charge in [0.05, 0.1) is 6.54 Å². The molecule has 0 aliphatic heterocycles. The van der Waals surface area contributed by atoms with Crippen molar-refractivity contribution in [2.24, 2.45) is 0 Å². The molecule has 1 rings (SSSR count). The lowest BCUT2D eigenvalue weighted by atomic mass is 9.91. The van der Waals surface area contributed by atoms with Crippen LogP contribution in [0.2, 0.25) is 0 Å². The van der Waals surface area contributed by atoms with Crippen molar-refractivity contribution in [3.8, 4) is 0 Å². The van der Waals surface area contributed by atoms with E-state index in [-0.39, 0.29) is 24.1 Å². The minimum atomic E-state index is -0.479. The highest BCUT2D eigenvalue weighted by atomic mass is 16.6. The maximum Gasteiger partial charge on any atom is 0.407 e. The lowest BCUT2D eigenvalue weighted by Gasteiger charge is -2.31. The van der Waals surface area contributed by atoms with Gasteiger partial charge in [0.25, 0.3) is 0 Å². The first-order valence-corrected chi connectivity index (χ1v) is 8.18. The summed E-state index contributed by atoms with van der Waals surface area (Å²) in [6, 6.07) is 0.378. The van der Waals surface area contributed by atoms with Crippen molar-refractivity contribution in [3.63, 3.8) is 0 Å². The molecule has 0 saturated heterocycles. The van der Waals surface area contributed by atoms with Crippen LogP contribution in [0.4, 0.5) is 4.79 Å². The van der Waals surface area contributed by atoms with Crippen molar-refractivity contribution in [3.05, 3.63) is 0 Å². The third-order valence-corrected chi connectivity index (χ3v) is 3.84. The molecule has 2 N–H and O–H groups in total. The molecule has 1 fully saturated rings. The second-order valence-electron chi connectivity index (χ2n) is 7.00. The van der Waals surface area contributed by atoms with E-state index in [2.05, 4.69) is 10.6 Å². The predicted octanol–water partition coefficient (Wildman–Crippen LogP) is 1.89. The molecule has 22 heavy (non-hydrogen) atoms. The Morgan fingerprint density at radius 1 is 1.23 bits per heavy atom. The highest BCUT2D eigenvalue weighted by Crippen LogP contribution is 2.19. The van der Waals surface area contributed by atoms with Gasteiger partial charge in [-0.05, 0) is 53.4 Å². The minimum Gasteiger partial charge on any atom is -0.444 e. The van der Waals surface area contributed by atoms with Gasteiger partial charge in [-0.25, -0.2) is 4.79 Å². The SMILES string of the molecule is CCN(C)C(=O)CNC1CCCC(NC(=O)OC(C)(C)C)C1. The summed E-state index contributed by atoms with van der Waals surface area (Å²) in [6.07, 6.45) is 3.51. The maximum absolute atomic E-state index is 11.8. The molecule has 0 aromatic heterocycles. The van der Waals surface area contributed by atoms with Gasteiger partial charge in [0.1, 0.15) is 5.60 Å². The van der Waals surface area contributed by atoms with Gasteiger partial charge in [-0.3, -0.25) is 4.79 Å². The summed E-state index contributed by atoms with van der Waals surface area (Å²) in [5, 5.41) is 6.24. The first-order chi connectivity index (χ1) is 10.2. The number of rotatable bonds is 5. The van der Waals surface area contributed by atoms with Crippen molar-refractivity contribution in [2.45, 2.75) is 71.1 Å². The number of carbonyl (C=O) groups excluding carboxylic acids is 2. The molecule has 0 aromatic carbocycles. The molecule has 2 amide bonds. The molecule has 1 saturated carbocycles. The summed E-state index contributed by atoms with van der Waals surface area (Å²) in [5.41, 5.74) is -0.479. The topological polar surface area (TPSA) is 70.7 Å². The number of ether oxygens (including phenoxy) is 1. The van der Waals surface area contributed by atoms with Crippen molar-refractivity contribution in [1.82, 2.24) is 15.5 Å². The Hall–Kier alpha value is -1.30. The third kappa shape index (κ3) is 7.11. The van der Waals surface area contributed by atoms with Gasteiger partial charge < -0.3 is 20.3 Å². The van der Waals surface area contributed by atoms with Crippen LogP contribution in [-0.4, -0.2) is 54.7 Å². The predicted molar refractivity (Wildman–Crippen MR) is 86.7 cm³/mol. The number of hydrogen-bond donors (Lipinski definition) is 2. The van der Waals surface area contributed by atoms with Gasteiger partial charge in [-0.1, -0.05) is 0 Å². The molecule has 128 valence electrons. The lowest BCUT2D eigenvalue weighted by molar-refractivity contribution is -0.128. The summed E-state index contributed by atoms with van der Waals surface area (Å²) in [5.74, 6) is 0.102. The smallest absolute Gasteiger partial charge is 0.407 e. The average Bonchev–Trinajstić information content (AvgIpc) is 2.42. The first-order valence-electron chi connectivity index (χ1n) is 8.18. The number of nitrogens with one attached hydrogen (secondary N) is 2. The number of nitrogens with zero attached hydrogens (tertiary/aromatic N) is 1. The van der Waals surface area contributed by atoms with E-state index in [0.29, 0.717) is 13.1 Å². The fraction of sp³-hybridized carbons (Fsp3) is 0.875. The molecule has 0 spiro atoms.